The molecule has 1 unspecified atom stereocenters. The van der Waals surface area contributed by atoms with Crippen LogP contribution in [0.4, 0.5) is 10.5 Å². The number of amides is 2. The van der Waals surface area contributed by atoms with Crippen LogP contribution in [0.2, 0.25) is 0 Å². The second-order valence-corrected chi connectivity index (χ2v) is 10.1. The van der Waals surface area contributed by atoms with Crippen LogP contribution in [0.25, 0.3) is 10.9 Å². The first-order valence-corrected chi connectivity index (χ1v) is 13.4. The molecule has 0 spiro atoms. The van der Waals surface area contributed by atoms with E-state index in [4.69, 9.17) is 4.98 Å². The van der Waals surface area contributed by atoms with Gasteiger partial charge in [0.2, 0.25) is 0 Å². The molecule has 1 aliphatic rings. The van der Waals surface area contributed by atoms with Crippen molar-refractivity contribution in [1.82, 2.24) is 19.4 Å². The Labute approximate surface area is 224 Å². The van der Waals surface area contributed by atoms with Crippen molar-refractivity contribution in [2.45, 2.75) is 25.9 Å². The van der Waals surface area contributed by atoms with Crippen molar-refractivity contribution in [3.63, 3.8) is 0 Å². The van der Waals surface area contributed by atoms with Crippen LogP contribution in [-0.4, -0.2) is 51.6 Å². The van der Waals surface area contributed by atoms with Gasteiger partial charge in [-0.1, -0.05) is 61.5 Å². The summed E-state index contributed by atoms with van der Waals surface area (Å²) in [4.78, 5) is 35.8. The number of nitrogens with zero attached hydrogens (tertiary/aromatic N) is 4. The maximum atomic E-state index is 13.6. The fourth-order valence-electron chi connectivity index (χ4n) is 4.96. The minimum Gasteiger partial charge on any atom is -0.322 e. The number of hydrogen-bond acceptors (Lipinski definition) is 4. The Kier molecular flexibility index (Phi) is 7.67. The second kappa shape index (κ2) is 11.3. The summed E-state index contributed by atoms with van der Waals surface area (Å²) in [6.45, 7) is 5.21. The fourth-order valence-corrected chi connectivity index (χ4v) is 5.34. The van der Waals surface area contributed by atoms with Crippen LogP contribution in [0, 0.1) is 0 Å². The van der Waals surface area contributed by atoms with Crippen molar-refractivity contribution in [2.24, 2.45) is 0 Å². The molecule has 5 rings (SSSR count). The molecule has 4 aromatic rings. The maximum Gasteiger partial charge on any atom is 0.321 e. The smallest absolute Gasteiger partial charge is 0.321 e. The molecule has 190 valence electrons. The number of urea groups is 1. The highest BCUT2D eigenvalue weighted by Crippen LogP contribution is 2.26. The Bertz CT molecular complexity index is 1450. The number of halogens is 1. The molecule has 1 aromatic heterocycles. The lowest BCUT2D eigenvalue weighted by molar-refractivity contribution is 0.105. The zero-order valence-corrected chi connectivity index (χ0v) is 22.4. The van der Waals surface area contributed by atoms with Crippen molar-refractivity contribution in [3.05, 3.63) is 105 Å². The van der Waals surface area contributed by atoms with Gasteiger partial charge < -0.3 is 10.2 Å². The van der Waals surface area contributed by atoms with Crippen molar-refractivity contribution >= 4 is 38.6 Å². The molecule has 7 nitrogen and oxygen atoms in total. The predicted octanol–water partition coefficient (Wildman–Crippen LogP) is 5.51. The number of anilines is 1. The Balaban J connectivity index is 1.39. The number of benzene rings is 3. The third-order valence-corrected chi connectivity index (χ3v) is 7.61. The topological polar surface area (TPSA) is 70.5 Å². The summed E-state index contributed by atoms with van der Waals surface area (Å²) < 4.78 is 2.68. The number of carbonyl (C=O) groups excluding carboxylic acids is 1. The maximum absolute atomic E-state index is 13.6. The van der Waals surface area contributed by atoms with Crippen molar-refractivity contribution in [2.75, 3.05) is 31.5 Å². The molecule has 1 fully saturated rings. The van der Waals surface area contributed by atoms with Gasteiger partial charge in [-0.05, 0) is 52.2 Å². The highest BCUT2D eigenvalue weighted by Gasteiger charge is 2.29. The van der Waals surface area contributed by atoms with Crippen LogP contribution in [0.15, 0.2) is 88.1 Å². The summed E-state index contributed by atoms with van der Waals surface area (Å²) in [5, 5.41) is 3.63. The summed E-state index contributed by atoms with van der Waals surface area (Å²) in [5.41, 5.74) is 2.52. The molecule has 0 aliphatic carbocycles. The van der Waals surface area contributed by atoms with Gasteiger partial charge in [-0.3, -0.25) is 14.3 Å². The summed E-state index contributed by atoms with van der Waals surface area (Å²) in [6, 6.07) is 25.1. The molecule has 0 bridgehead atoms. The van der Waals surface area contributed by atoms with E-state index in [-0.39, 0.29) is 17.6 Å². The van der Waals surface area contributed by atoms with Crippen LogP contribution in [0.5, 0.6) is 0 Å². The third kappa shape index (κ3) is 5.45. The largest absolute Gasteiger partial charge is 0.322 e. The summed E-state index contributed by atoms with van der Waals surface area (Å²) >= 11 is 3.49. The van der Waals surface area contributed by atoms with Gasteiger partial charge in [0, 0.05) is 30.7 Å². The lowest BCUT2D eigenvalue weighted by atomic mass is 10.1. The summed E-state index contributed by atoms with van der Waals surface area (Å²) in [6.07, 6.45) is 0.808. The number of nitrogens with one attached hydrogen (secondary N) is 1. The molecule has 1 aliphatic heterocycles. The van der Waals surface area contributed by atoms with E-state index in [0.717, 1.165) is 33.5 Å². The van der Waals surface area contributed by atoms with Gasteiger partial charge in [0.05, 0.1) is 29.2 Å². The first kappa shape index (κ1) is 25.2. The van der Waals surface area contributed by atoms with Gasteiger partial charge in [-0.15, -0.1) is 0 Å². The standard InChI is InChI=1S/C29H30BrN5O2/c1-2-26(33-16-18-34(19-17-33)29(37)32-25-15-9-7-13-23(25)30)27-31-24-14-8-6-12-22(24)28(36)35(27)20-21-10-4-3-5-11-21/h3-15,26H,2,16-20H2,1H3,(H,32,37). The van der Waals surface area contributed by atoms with E-state index < -0.39 is 0 Å². The van der Waals surface area contributed by atoms with E-state index in [1.807, 2.05) is 88.3 Å². The fraction of sp³-hybridized carbons (Fsp3) is 0.276. The molecule has 0 saturated carbocycles. The Hall–Kier alpha value is -3.49. The number of carbonyl (C=O) groups is 1. The van der Waals surface area contributed by atoms with Crippen LogP contribution in [0.3, 0.4) is 0 Å². The number of fused-ring (bicyclic) bond motifs is 1. The van der Waals surface area contributed by atoms with E-state index in [0.29, 0.717) is 38.1 Å². The minimum absolute atomic E-state index is 0.0191. The highest BCUT2D eigenvalue weighted by molar-refractivity contribution is 9.10. The SMILES string of the molecule is CCC(c1nc2ccccc2c(=O)n1Cc1ccccc1)N1CCN(C(=O)Nc2ccccc2Br)CC1. The van der Waals surface area contributed by atoms with Crippen LogP contribution >= 0.6 is 15.9 Å². The van der Waals surface area contributed by atoms with Gasteiger partial charge in [0.1, 0.15) is 5.82 Å². The number of rotatable bonds is 6. The first-order chi connectivity index (χ1) is 18.0. The molecule has 1 atom stereocenters. The Morgan fingerprint density at radius 2 is 1.62 bits per heavy atom. The molecule has 37 heavy (non-hydrogen) atoms. The van der Waals surface area contributed by atoms with E-state index >= 15 is 0 Å². The molecule has 1 saturated heterocycles. The van der Waals surface area contributed by atoms with Crippen molar-refractivity contribution < 1.29 is 4.79 Å². The zero-order valence-electron chi connectivity index (χ0n) is 20.8. The molecule has 0 radical (unpaired) electrons. The monoisotopic (exact) mass is 559 g/mol. The number of piperazine rings is 1. The quantitative estimate of drug-likeness (QED) is 0.338. The van der Waals surface area contributed by atoms with E-state index in [1.54, 1.807) is 0 Å². The third-order valence-electron chi connectivity index (χ3n) is 6.92. The first-order valence-electron chi connectivity index (χ1n) is 12.6. The molecular weight excluding hydrogens is 530 g/mol. The Morgan fingerprint density at radius 1 is 0.946 bits per heavy atom. The Morgan fingerprint density at radius 3 is 2.35 bits per heavy atom. The average Bonchev–Trinajstić information content (AvgIpc) is 2.93. The van der Waals surface area contributed by atoms with Gasteiger partial charge in [-0.2, -0.15) is 0 Å². The van der Waals surface area contributed by atoms with Gasteiger partial charge in [0.25, 0.3) is 5.56 Å². The lowest BCUT2D eigenvalue weighted by Crippen LogP contribution is -2.51. The summed E-state index contributed by atoms with van der Waals surface area (Å²) in [5.74, 6) is 0.779. The normalized spacial score (nSPS) is 15.0. The highest BCUT2D eigenvalue weighted by atomic mass is 79.9. The van der Waals surface area contributed by atoms with E-state index in [9.17, 15) is 9.59 Å². The number of para-hydroxylation sites is 2. The second-order valence-electron chi connectivity index (χ2n) is 9.22. The zero-order chi connectivity index (χ0) is 25.8. The van der Waals surface area contributed by atoms with Gasteiger partial charge in [0.15, 0.2) is 0 Å². The molecule has 1 N–H and O–H groups in total. The predicted molar refractivity (Wildman–Crippen MR) is 151 cm³/mol. The number of hydrogen-bond donors (Lipinski definition) is 1. The van der Waals surface area contributed by atoms with Crippen LogP contribution in [0.1, 0.15) is 30.8 Å². The van der Waals surface area contributed by atoms with Gasteiger partial charge >= 0.3 is 6.03 Å². The van der Waals surface area contributed by atoms with E-state index in [2.05, 4.69) is 33.1 Å². The molecule has 3 aromatic carbocycles. The van der Waals surface area contributed by atoms with Gasteiger partial charge in [-0.25, -0.2) is 9.78 Å². The van der Waals surface area contributed by atoms with E-state index in [1.165, 1.54) is 0 Å². The molecule has 2 heterocycles. The molecule has 2 amide bonds. The molecular formula is C29H30BrN5O2. The average molecular weight is 560 g/mol. The van der Waals surface area contributed by atoms with Crippen molar-refractivity contribution in [1.29, 1.82) is 0 Å². The van der Waals surface area contributed by atoms with Crippen LogP contribution in [-0.2, 0) is 6.54 Å². The lowest BCUT2D eigenvalue weighted by Gasteiger charge is -2.39. The molecule has 8 heteroatoms. The minimum atomic E-state index is -0.107. The van der Waals surface area contributed by atoms with Crippen LogP contribution < -0.4 is 10.9 Å². The summed E-state index contributed by atoms with van der Waals surface area (Å²) in [7, 11) is 0. The van der Waals surface area contributed by atoms with Crippen molar-refractivity contribution in [3.8, 4) is 0 Å². The number of aromatic nitrogens is 2.